The third kappa shape index (κ3) is 3.41. The zero-order valence-electron chi connectivity index (χ0n) is 12.6. The largest absolute Gasteiger partial charge is 0.266 e. The van der Waals surface area contributed by atoms with Crippen LogP contribution in [0.4, 0.5) is 10.1 Å². The van der Waals surface area contributed by atoms with Gasteiger partial charge in [0.2, 0.25) is 0 Å². The fourth-order valence-corrected chi connectivity index (χ4v) is 3.62. The van der Waals surface area contributed by atoms with Gasteiger partial charge in [-0.2, -0.15) is 0 Å². The van der Waals surface area contributed by atoms with E-state index in [1.807, 2.05) is 0 Å². The van der Waals surface area contributed by atoms with Crippen molar-refractivity contribution >= 4 is 15.7 Å². The number of halogens is 1. The highest BCUT2D eigenvalue weighted by Gasteiger charge is 2.25. The number of nitrogens with zero attached hydrogens (tertiary/aromatic N) is 3. The molecule has 0 radical (unpaired) electrons. The summed E-state index contributed by atoms with van der Waals surface area (Å²) in [4.78, 5) is 7.94. The summed E-state index contributed by atoms with van der Waals surface area (Å²) in [6.45, 7) is 0.0801. The first-order valence-electron chi connectivity index (χ1n) is 7.14. The van der Waals surface area contributed by atoms with Crippen molar-refractivity contribution in [2.45, 2.75) is 11.4 Å². The third-order valence-electron chi connectivity index (χ3n) is 3.39. The Morgan fingerprint density at radius 2 is 1.58 bits per heavy atom. The van der Waals surface area contributed by atoms with Crippen molar-refractivity contribution in [1.82, 2.24) is 9.97 Å². The molecule has 2 aromatic heterocycles. The first-order valence-corrected chi connectivity index (χ1v) is 8.58. The number of sulfonamides is 1. The average Bonchev–Trinajstić information content (AvgIpc) is 2.62. The number of anilines is 1. The summed E-state index contributed by atoms with van der Waals surface area (Å²) in [7, 11) is -3.84. The Hall–Kier alpha value is -2.80. The topological polar surface area (TPSA) is 63.2 Å². The Bertz CT molecular complexity index is 902. The Balaban J connectivity index is 2.06. The quantitative estimate of drug-likeness (QED) is 0.714. The van der Waals surface area contributed by atoms with Crippen LogP contribution >= 0.6 is 0 Å². The molecule has 2 heterocycles. The van der Waals surface area contributed by atoms with E-state index in [1.165, 1.54) is 47.0 Å². The van der Waals surface area contributed by atoms with E-state index in [0.29, 0.717) is 11.3 Å². The van der Waals surface area contributed by atoms with E-state index >= 15 is 0 Å². The van der Waals surface area contributed by atoms with Crippen molar-refractivity contribution in [2.24, 2.45) is 0 Å². The van der Waals surface area contributed by atoms with Gasteiger partial charge in [0.1, 0.15) is 10.7 Å². The molecule has 0 bridgehead atoms. The van der Waals surface area contributed by atoms with Crippen LogP contribution < -0.4 is 4.31 Å². The maximum atomic E-state index is 13.2. The van der Waals surface area contributed by atoms with Crippen molar-refractivity contribution in [1.29, 1.82) is 0 Å². The van der Waals surface area contributed by atoms with Gasteiger partial charge in [-0.05, 0) is 48.0 Å². The van der Waals surface area contributed by atoms with Crippen LogP contribution in [-0.2, 0) is 16.6 Å². The lowest BCUT2D eigenvalue weighted by Gasteiger charge is -2.24. The molecule has 0 aliphatic rings. The molecule has 7 heteroatoms. The highest BCUT2D eigenvalue weighted by Crippen LogP contribution is 2.25. The SMILES string of the molecule is O=S(=O)(c1cccnc1)N(Cc1cccnc1)c1ccc(F)cc1. The number of hydrogen-bond donors (Lipinski definition) is 0. The van der Waals surface area contributed by atoms with Crippen LogP contribution in [0.15, 0.2) is 78.2 Å². The second kappa shape index (κ2) is 6.76. The normalized spacial score (nSPS) is 11.2. The molecule has 3 aromatic rings. The second-order valence-electron chi connectivity index (χ2n) is 5.04. The lowest BCUT2D eigenvalue weighted by molar-refractivity contribution is 0.589. The molecule has 0 aliphatic heterocycles. The highest BCUT2D eigenvalue weighted by molar-refractivity contribution is 7.92. The average molecular weight is 343 g/mol. The minimum absolute atomic E-state index is 0.0678. The summed E-state index contributed by atoms with van der Waals surface area (Å²) in [5.41, 5.74) is 1.08. The van der Waals surface area contributed by atoms with Gasteiger partial charge in [-0.15, -0.1) is 0 Å². The van der Waals surface area contributed by atoms with Crippen LogP contribution in [0.5, 0.6) is 0 Å². The molecular weight excluding hydrogens is 329 g/mol. The third-order valence-corrected chi connectivity index (χ3v) is 5.14. The Morgan fingerprint density at radius 3 is 2.17 bits per heavy atom. The van der Waals surface area contributed by atoms with Crippen LogP contribution in [-0.4, -0.2) is 18.4 Å². The second-order valence-corrected chi connectivity index (χ2v) is 6.90. The minimum atomic E-state index is -3.84. The zero-order valence-corrected chi connectivity index (χ0v) is 13.4. The number of rotatable bonds is 5. The molecule has 24 heavy (non-hydrogen) atoms. The lowest BCUT2D eigenvalue weighted by atomic mass is 10.2. The Morgan fingerprint density at radius 1 is 0.917 bits per heavy atom. The lowest BCUT2D eigenvalue weighted by Crippen LogP contribution is -2.30. The summed E-state index contributed by atoms with van der Waals surface area (Å²) in [6, 6.07) is 11.9. The van der Waals surface area contributed by atoms with Gasteiger partial charge in [-0.25, -0.2) is 12.8 Å². The van der Waals surface area contributed by atoms with E-state index in [9.17, 15) is 12.8 Å². The van der Waals surface area contributed by atoms with E-state index in [2.05, 4.69) is 9.97 Å². The molecule has 0 atom stereocenters. The molecule has 0 saturated heterocycles. The number of aromatic nitrogens is 2. The summed E-state index contributed by atoms with van der Waals surface area (Å²) >= 11 is 0. The molecule has 0 aliphatic carbocycles. The van der Waals surface area contributed by atoms with Gasteiger partial charge in [-0.1, -0.05) is 6.07 Å². The fourth-order valence-electron chi connectivity index (χ4n) is 2.21. The summed E-state index contributed by atoms with van der Waals surface area (Å²) < 4.78 is 40.4. The maximum absolute atomic E-state index is 13.2. The van der Waals surface area contributed by atoms with Gasteiger partial charge >= 0.3 is 0 Å². The molecule has 122 valence electrons. The summed E-state index contributed by atoms with van der Waals surface area (Å²) in [5.74, 6) is -0.432. The van der Waals surface area contributed by atoms with Gasteiger partial charge < -0.3 is 0 Å². The molecule has 0 spiro atoms. The Labute approximate surface area is 139 Å². The van der Waals surface area contributed by atoms with Crippen molar-refractivity contribution in [3.63, 3.8) is 0 Å². The summed E-state index contributed by atoms with van der Waals surface area (Å²) in [6.07, 6.45) is 5.99. The maximum Gasteiger partial charge on any atom is 0.266 e. The summed E-state index contributed by atoms with van der Waals surface area (Å²) in [5, 5.41) is 0. The van der Waals surface area contributed by atoms with Crippen LogP contribution in [0.1, 0.15) is 5.56 Å². The minimum Gasteiger partial charge on any atom is -0.264 e. The van der Waals surface area contributed by atoms with Gasteiger partial charge in [0.05, 0.1) is 12.2 Å². The predicted molar refractivity (Wildman–Crippen MR) is 88.2 cm³/mol. The number of hydrogen-bond acceptors (Lipinski definition) is 4. The fraction of sp³-hybridized carbons (Fsp3) is 0.0588. The van der Waals surface area contributed by atoms with Crippen LogP contribution in [0.3, 0.4) is 0 Å². The van der Waals surface area contributed by atoms with Gasteiger partial charge in [0.25, 0.3) is 10.0 Å². The van der Waals surface area contributed by atoms with Crippen LogP contribution in [0.2, 0.25) is 0 Å². The molecule has 0 saturated carbocycles. The van der Waals surface area contributed by atoms with E-state index in [1.54, 1.807) is 30.6 Å². The first-order chi connectivity index (χ1) is 11.6. The standard InChI is InChI=1S/C17H14FN3O2S/c18-15-5-7-16(8-6-15)21(13-14-3-1-9-19-11-14)24(22,23)17-4-2-10-20-12-17/h1-12H,13H2. The van der Waals surface area contributed by atoms with E-state index in [0.717, 1.165) is 0 Å². The number of pyridine rings is 2. The van der Waals surface area contributed by atoms with Crippen molar-refractivity contribution in [2.75, 3.05) is 4.31 Å². The molecule has 5 nitrogen and oxygen atoms in total. The monoisotopic (exact) mass is 343 g/mol. The molecule has 3 rings (SSSR count). The van der Waals surface area contributed by atoms with Gasteiger partial charge in [0, 0.05) is 24.8 Å². The molecule has 0 unspecified atom stereocenters. The highest BCUT2D eigenvalue weighted by atomic mass is 32.2. The van der Waals surface area contributed by atoms with E-state index in [-0.39, 0.29) is 11.4 Å². The van der Waals surface area contributed by atoms with E-state index < -0.39 is 15.8 Å². The number of benzene rings is 1. The van der Waals surface area contributed by atoms with Crippen LogP contribution in [0, 0.1) is 5.82 Å². The van der Waals surface area contributed by atoms with Crippen molar-refractivity contribution < 1.29 is 12.8 Å². The van der Waals surface area contributed by atoms with Gasteiger partial charge in [0.15, 0.2) is 0 Å². The molecular formula is C17H14FN3O2S. The van der Waals surface area contributed by atoms with Crippen molar-refractivity contribution in [3.05, 3.63) is 84.7 Å². The molecule has 1 aromatic carbocycles. The smallest absolute Gasteiger partial charge is 0.264 e. The first kappa shape index (κ1) is 16.1. The van der Waals surface area contributed by atoms with Gasteiger partial charge in [-0.3, -0.25) is 14.3 Å². The van der Waals surface area contributed by atoms with Crippen LogP contribution in [0.25, 0.3) is 0 Å². The predicted octanol–water partition coefficient (Wildman–Crippen LogP) is 3.01. The van der Waals surface area contributed by atoms with Crippen molar-refractivity contribution in [3.8, 4) is 0 Å². The van der Waals surface area contributed by atoms with E-state index in [4.69, 9.17) is 0 Å². The molecule has 0 N–H and O–H groups in total. The molecule has 0 fully saturated rings. The zero-order chi connectivity index (χ0) is 17.0. The molecule has 0 amide bonds. The Kier molecular flexibility index (Phi) is 4.52.